The van der Waals surface area contributed by atoms with E-state index in [4.69, 9.17) is 5.73 Å². The van der Waals surface area contributed by atoms with E-state index in [1.54, 1.807) is 6.20 Å². The Morgan fingerprint density at radius 3 is 2.94 bits per heavy atom. The molecule has 0 bridgehead atoms. The van der Waals surface area contributed by atoms with Crippen molar-refractivity contribution in [3.63, 3.8) is 0 Å². The van der Waals surface area contributed by atoms with Gasteiger partial charge in [0, 0.05) is 6.20 Å². The van der Waals surface area contributed by atoms with Gasteiger partial charge >= 0.3 is 0 Å². The fourth-order valence-corrected chi connectivity index (χ4v) is 3.40. The molecule has 1 aliphatic carbocycles. The molecular weight excluding hydrogens is 220 g/mol. The van der Waals surface area contributed by atoms with Crippen LogP contribution in [0, 0.1) is 11.8 Å². The van der Waals surface area contributed by atoms with Crippen LogP contribution in [0.25, 0.3) is 0 Å². The van der Waals surface area contributed by atoms with Crippen LogP contribution in [0.1, 0.15) is 44.4 Å². The van der Waals surface area contributed by atoms with Crippen LogP contribution in [0.4, 0.5) is 5.13 Å². The van der Waals surface area contributed by atoms with E-state index in [-0.39, 0.29) is 0 Å². The Balaban J connectivity index is 2.18. The van der Waals surface area contributed by atoms with Crippen molar-refractivity contribution < 1.29 is 5.11 Å². The minimum absolute atomic E-state index is 0.551. The molecular formula is C12H20N2OS. The number of thiazole rings is 1. The highest BCUT2D eigenvalue weighted by Gasteiger charge is 2.38. The number of rotatable bonds is 2. The smallest absolute Gasteiger partial charge is 0.180 e. The van der Waals surface area contributed by atoms with Crippen LogP contribution in [-0.2, 0) is 5.60 Å². The first-order valence-electron chi connectivity index (χ1n) is 5.95. The molecule has 3 N–H and O–H groups in total. The summed E-state index contributed by atoms with van der Waals surface area (Å²) in [5.74, 6) is 1.25. The number of aromatic nitrogens is 1. The first-order valence-corrected chi connectivity index (χ1v) is 6.77. The molecule has 1 fully saturated rings. The van der Waals surface area contributed by atoms with Crippen molar-refractivity contribution in [1.29, 1.82) is 0 Å². The van der Waals surface area contributed by atoms with Crippen LogP contribution in [0.2, 0.25) is 0 Å². The van der Waals surface area contributed by atoms with Crippen molar-refractivity contribution >= 4 is 16.5 Å². The Kier molecular flexibility index (Phi) is 3.22. The van der Waals surface area contributed by atoms with E-state index in [0.717, 1.165) is 24.1 Å². The molecule has 1 saturated carbocycles. The summed E-state index contributed by atoms with van der Waals surface area (Å²) >= 11 is 1.42. The topological polar surface area (TPSA) is 59.1 Å². The molecule has 0 spiro atoms. The Morgan fingerprint density at radius 1 is 1.62 bits per heavy atom. The van der Waals surface area contributed by atoms with Crippen molar-refractivity contribution in [3.05, 3.63) is 11.1 Å². The maximum atomic E-state index is 10.7. The Labute approximate surface area is 101 Å². The summed E-state index contributed by atoms with van der Waals surface area (Å²) in [5, 5.41) is 11.2. The van der Waals surface area contributed by atoms with E-state index in [0.29, 0.717) is 17.0 Å². The summed E-state index contributed by atoms with van der Waals surface area (Å²) < 4.78 is 0. The zero-order valence-corrected chi connectivity index (χ0v) is 10.8. The highest BCUT2D eigenvalue weighted by molar-refractivity contribution is 7.15. The summed E-state index contributed by atoms with van der Waals surface area (Å²) in [6.07, 6.45) is 5.76. The zero-order chi connectivity index (χ0) is 11.8. The summed E-state index contributed by atoms with van der Waals surface area (Å²) in [6.45, 7) is 4.47. The molecule has 4 heteroatoms. The molecule has 16 heavy (non-hydrogen) atoms. The predicted octanol–water partition coefficient (Wildman–Crippen LogP) is 2.76. The first kappa shape index (κ1) is 11.9. The third kappa shape index (κ3) is 2.23. The minimum atomic E-state index is -0.678. The van der Waals surface area contributed by atoms with Gasteiger partial charge in [-0.25, -0.2) is 4.98 Å². The van der Waals surface area contributed by atoms with Crippen molar-refractivity contribution in [3.8, 4) is 0 Å². The third-order valence-electron chi connectivity index (χ3n) is 3.69. The molecule has 90 valence electrons. The Bertz CT molecular complexity index is 364. The number of hydrogen-bond acceptors (Lipinski definition) is 4. The lowest BCUT2D eigenvalue weighted by molar-refractivity contribution is -0.0266. The molecule has 1 aliphatic rings. The fourth-order valence-electron chi connectivity index (χ4n) is 2.59. The Morgan fingerprint density at radius 2 is 2.38 bits per heavy atom. The van der Waals surface area contributed by atoms with Crippen LogP contribution in [0.3, 0.4) is 0 Å². The van der Waals surface area contributed by atoms with E-state index in [1.807, 2.05) is 0 Å². The van der Waals surface area contributed by atoms with Crippen LogP contribution in [0.15, 0.2) is 6.20 Å². The van der Waals surface area contributed by atoms with Crippen molar-refractivity contribution in [2.24, 2.45) is 11.8 Å². The van der Waals surface area contributed by atoms with Crippen molar-refractivity contribution in [1.82, 2.24) is 4.98 Å². The van der Waals surface area contributed by atoms with Gasteiger partial charge in [0.2, 0.25) is 0 Å². The summed E-state index contributed by atoms with van der Waals surface area (Å²) in [7, 11) is 0. The van der Waals surface area contributed by atoms with Gasteiger partial charge in [-0.15, -0.1) is 0 Å². The predicted molar refractivity (Wildman–Crippen MR) is 67.2 cm³/mol. The van der Waals surface area contributed by atoms with Crippen molar-refractivity contribution in [2.75, 3.05) is 5.73 Å². The van der Waals surface area contributed by atoms with Gasteiger partial charge in [0.25, 0.3) is 0 Å². The van der Waals surface area contributed by atoms with Crippen LogP contribution in [-0.4, -0.2) is 10.1 Å². The largest absolute Gasteiger partial charge is 0.384 e. The average Bonchev–Trinajstić information content (AvgIpc) is 2.65. The number of nitrogen functional groups attached to an aromatic ring is 1. The lowest BCUT2D eigenvalue weighted by Gasteiger charge is -2.37. The standard InChI is InChI=1S/C12H20N2OS/c1-8(2)9-4-3-5-12(15,6-9)10-7-14-11(13)16-10/h7-9,15H,3-6H2,1-2H3,(H2,13,14). The maximum absolute atomic E-state index is 10.7. The maximum Gasteiger partial charge on any atom is 0.180 e. The molecule has 0 aromatic carbocycles. The number of nitrogens with zero attached hydrogens (tertiary/aromatic N) is 1. The minimum Gasteiger partial charge on any atom is -0.384 e. The normalized spacial score (nSPS) is 30.9. The van der Waals surface area contributed by atoms with Gasteiger partial charge < -0.3 is 10.8 Å². The summed E-state index contributed by atoms with van der Waals surface area (Å²) in [6, 6.07) is 0. The summed E-state index contributed by atoms with van der Waals surface area (Å²) in [5.41, 5.74) is 4.96. The van der Waals surface area contributed by atoms with Crippen LogP contribution < -0.4 is 5.73 Å². The second-order valence-corrected chi connectivity index (χ2v) is 6.26. The molecule has 0 amide bonds. The van der Waals surface area contributed by atoms with Gasteiger partial charge in [-0.2, -0.15) is 0 Å². The van der Waals surface area contributed by atoms with Gasteiger partial charge in [-0.05, 0) is 37.5 Å². The van der Waals surface area contributed by atoms with Gasteiger partial charge in [0.05, 0.1) is 4.88 Å². The molecule has 2 unspecified atom stereocenters. The molecule has 2 atom stereocenters. The number of hydrogen-bond donors (Lipinski definition) is 2. The quantitative estimate of drug-likeness (QED) is 0.835. The highest BCUT2D eigenvalue weighted by Crippen LogP contribution is 2.44. The third-order valence-corrected chi connectivity index (χ3v) is 4.71. The van der Waals surface area contributed by atoms with Crippen LogP contribution in [0.5, 0.6) is 0 Å². The highest BCUT2D eigenvalue weighted by atomic mass is 32.1. The monoisotopic (exact) mass is 240 g/mol. The average molecular weight is 240 g/mol. The number of nitrogens with two attached hydrogens (primary N) is 1. The van der Waals surface area contributed by atoms with E-state index < -0.39 is 5.60 Å². The van der Waals surface area contributed by atoms with Gasteiger partial charge in [-0.3, -0.25) is 0 Å². The molecule has 3 nitrogen and oxygen atoms in total. The first-order chi connectivity index (χ1) is 7.51. The molecule has 0 radical (unpaired) electrons. The van der Waals surface area contributed by atoms with Crippen molar-refractivity contribution in [2.45, 2.75) is 45.1 Å². The second kappa shape index (κ2) is 4.34. The van der Waals surface area contributed by atoms with Gasteiger partial charge in [0.1, 0.15) is 5.60 Å². The van der Waals surface area contributed by atoms with Gasteiger partial charge in [0.15, 0.2) is 5.13 Å². The number of anilines is 1. The SMILES string of the molecule is CC(C)C1CCCC(O)(c2cnc(N)s2)C1. The summed E-state index contributed by atoms with van der Waals surface area (Å²) in [4.78, 5) is 4.98. The lowest BCUT2D eigenvalue weighted by Crippen LogP contribution is -2.33. The van der Waals surface area contributed by atoms with Crippen LogP contribution >= 0.6 is 11.3 Å². The Hall–Kier alpha value is -0.610. The van der Waals surface area contributed by atoms with E-state index in [1.165, 1.54) is 17.8 Å². The second-order valence-electron chi connectivity index (χ2n) is 5.19. The zero-order valence-electron chi connectivity index (χ0n) is 9.94. The lowest BCUT2D eigenvalue weighted by atomic mass is 9.73. The molecule has 1 aromatic heterocycles. The molecule has 0 aliphatic heterocycles. The molecule has 2 rings (SSSR count). The number of aliphatic hydroxyl groups is 1. The van der Waals surface area contributed by atoms with E-state index >= 15 is 0 Å². The van der Waals surface area contributed by atoms with Gasteiger partial charge in [-0.1, -0.05) is 25.2 Å². The van der Waals surface area contributed by atoms with E-state index in [9.17, 15) is 5.11 Å². The molecule has 1 aromatic rings. The molecule has 0 saturated heterocycles. The fraction of sp³-hybridized carbons (Fsp3) is 0.750. The molecule has 1 heterocycles. The van der Waals surface area contributed by atoms with E-state index in [2.05, 4.69) is 18.8 Å².